The van der Waals surface area contributed by atoms with Gasteiger partial charge in [-0.15, -0.1) is 0 Å². The third-order valence-electron chi connectivity index (χ3n) is 2.52. The van der Waals surface area contributed by atoms with Gasteiger partial charge in [-0.05, 0) is 6.07 Å². The molecule has 2 aromatic heterocycles. The van der Waals surface area contributed by atoms with Gasteiger partial charge in [0.05, 0.1) is 17.4 Å². The van der Waals surface area contributed by atoms with E-state index in [1.165, 1.54) is 6.33 Å². The number of aromatic nitrogens is 3. The average Bonchev–Trinajstić information content (AvgIpc) is 2.76. The number of carboxylic acid groups (broad SMARTS) is 1. The first kappa shape index (κ1) is 8.84. The molecule has 1 aromatic carbocycles. The lowest BCUT2D eigenvalue weighted by molar-refractivity contribution is 0.0699. The number of hydrogen-bond acceptors (Lipinski definition) is 3. The quantitative estimate of drug-likeness (QED) is 0.646. The number of aromatic carboxylic acids is 1. The number of imidazole rings is 1. The first-order chi connectivity index (χ1) is 7.77. The number of carbonyl (C=O) groups is 1. The smallest absolute Gasteiger partial charge is 0.336 e. The Morgan fingerprint density at radius 3 is 3.00 bits per heavy atom. The Labute approximate surface area is 89.8 Å². The molecule has 0 saturated carbocycles. The fourth-order valence-electron chi connectivity index (χ4n) is 1.83. The van der Waals surface area contributed by atoms with Crippen molar-refractivity contribution < 1.29 is 9.90 Å². The van der Waals surface area contributed by atoms with Crippen molar-refractivity contribution in [2.75, 3.05) is 0 Å². The van der Waals surface area contributed by atoms with E-state index in [4.69, 9.17) is 5.11 Å². The highest BCUT2D eigenvalue weighted by molar-refractivity contribution is 6.13. The Bertz CT molecular complexity index is 703. The number of pyridine rings is 1. The lowest BCUT2D eigenvalue weighted by atomic mass is 10.1. The third kappa shape index (κ3) is 1.08. The molecule has 3 rings (SSSR count). The topological polar surface area (TPSA) is 78.9 Å². The molecule has 2 N–H and O–H groups in total. The van der Waals surface area contributed by atoms with Crippen LogP contribution >= 0.6 is 0 Å². The normalized spacial score (nSPS) is 11.0. The molecule has 0 spiro atoms. The fraction of sp³-hybridized carbons (Fsp3) is 0. The van der Waals surface area contributed by atoms with Gasteiger partial charge < -0.3 is 10.1 Å². The molecule has 0 saturated heterocycles. The second-order valence-corrected chi connectivity index (χ2v) is 3.43. The summed E-state index contributed by atoms with van der Waals surface area (Å²) in [5.41, 5.74) is 1.45. The van der Waals surface area contributed by atoms with Crippen LogP contribution < -0.4 is 0 Å². The highest BCUT2D eigenvalue weighted by Gasteiger charge is 2.12. The summed E-state index contributed by atoms with van der Waals surface area (Å²) in [6, 6.07) is 5.11. The predicted octanol–water partition coefficient (Wildman–Crippen LogP) is 1.81. The maximum Gasteiger partial charge on any atom is 0.336 e. The van der Waals surface area contributed by atoms with Gasteiger partial charge in [-0.25, -0.2) is 14.8 Å². The first-order valence-electron chi connectivity index (χ1n) is 4.71. The van der Waals surface area contributed by atoms with Crippen LogP contribution in [0.25, 0.3) is 21.9 Å². The number of hydrogen-bond donors (Lipinski definition) is 2. The lowest BCUT2D eigenvalue weighted by Gasteiger charge is -2.02. The molecule has 5 nitrogen and oxygen atoms in total. The van der Waals surface area contributed by atoms with Crippen molar-refractivity contribution in [3.63, 3.8) is 0 Å². The van der Waals surface area contributed by atoms with E-state index in [9.17, 15) is 4.79 Å². The number of nitrogens with zero attached hydrogens (tertiary/aromatic N) is 2. The minimum Gasteiger partial charge on any atom is -0.478 e. The van der Waals surface area contributed by atoms with E-state index >= 15 is 0 Å². The molecule has 3 aromatic rings. The Kier molecular flexibility index (Phi) is 1.67. The largest absolute Gasteiger partial charge is 0.478 e. The number of rotatable bonds is 1. The monoisotopic (exact) mass is 213 g/mol. The summed E-state index contributed by atoms with van der Waals surface area (Å²) in [7, 11) is 0. The zero-order chi connectivity index (χ0) is 11.1. The number of fused-ring (bicyclic) bond motifs is 3. The zero-order valence-corrected chi connectivity index (χ0v) is 8.14. The summed E-state index contributed by atoms with van der Waals surface area (Å²) >= 11 is 0. The summed E-state index contributed by atoms with van der Waals surface area (Å²) in [6.45, 7) is 0. The molecule has 2 heterocycles. The Morgan fingerprint density at radius 1 is 1.31 bits per heavy atom. The van der Waals surface area contributed by atoms with Gasteiger partial charge in [-0.1, -0.05) is 12.1 Å². The molecule has 0 aliphatic carbocycles. The number of benzene rings is 1. The molecule has 0 atom stereocenters. The molecule has 0 fully saturated rings. The van der Waals surface area contributed by atoms with Crippen molar-refractivity contribution in [3.05, 3.63) is 36.3 Å². The van der Waals surface area contributed by atoms with E-state index in [-0.39, 0.29) is 5.56 Å². The molecule has 0 bridgehead atoms. The van der Waals surface area contributed by atoms with Gasteiger partial charge in [-0.3, -0.25) is 0 Å². The van der Waals surface area contributed by atoms with E-state index in [2.05, 4.69) is 15.0 Å². The van der Waals surface area contributed by atoms with Crippen LogP contribution in [0.3, 0.4) is 0 Å². The van der Waals surface area contributed by atoms with Crippen LogP contribution in [-0.2, 0) is 0 Å². The van der Waals surface area contributed by atoms with Gasteiger partial charge >= 0.3 is 5.97 Å². The van der Waals surface area contributed by atoms with E-state index in [0.717, 1.165) is 5.39 Å². The minimum atomic E-state index is -0.951. The van der Waals surface area contributed by atoms with Gasteiger partial charge in [0.1, 0.15) is 0 Å². The Morgan fingerprint density at radius 2 is 2.19 bits per heavy atom. The second kappa shape index (κ2) is 3.03. The van der Waals surface area contributed by atoms with Crippen LogP contribution in [0.15, 0.2) is 30.7 Å². The van der Waals surface area contributed by atoms with Crippen molar-refractivity contribution in [1.29, 1.82) is 0 Å². The lowest BCUT2D eigenvalue weighted by Crippen LogP contribution is -1.98. The highest BCUT2D eigenvalue weighted by Crippen LogP contribution is 2.24. The van der Waals surface area contributed by atoms with Crippen molar-refractivity contribution in [3.8, 4) is 0 Å². The number of H-pyrrole nitrogens is 1. The van der Waals surface area contributed by atoms with Crippen LogP contribution in [0.2, 0.25) is 0 Å². The van der Waals surface area contributed by atoms with Gasteiger partial charge in [0.2, 0.25) is 0 Å². The van der Waals surface area contributed by atoms with Crippen LogP contribution in [0.5, 0.6) is 0 Å². The molecular weight excluding hydrogens is 206 g/mol. The van der Waals surface area contributed by atoms with Gasteiger partial charge in [-0.2, -0.15) is 0 Å². The van der Waals surface area contributed by atoms with Crippen LogP contribution in [0.4, 0.5) is 0 Å². The number of carboxylic acids is 1. The van der Waals surface area contributed by atoms with Crippen molar-refractivity contribution >= 4 is 27.9 Å². The second-order valence-electron chi connectivity index (χ2n) is 3.43. The summed E-state index contributed by atoms with van der Waals surface area (Å²) in [4.78, 5) is 22.2. The maximum atomic E-state index is 11.1. The molecule has 0 aliphatic rings. The summed E-state index contributed by atoms with van der Waals surface area (Å²) in [5, 5.41) is 10.6. The molecule has 0 unspecified atom stereocenters. The van der Waals surface area contributed by atoms with Crippen LogP contribution in [-0.4, -0.2) is 26.0 Å². The van der Waals surface area contributed by atoms with Crippen molar-refractivity contribution in [2.45, 2.75) is 0 Å². The van der Waals surface area contributed by atoms with Crippen molar-refractivity contribution in [1.82, 2.24) is 15.0 Å². The molecule has 0 aliphatic heterocycles. The van der Waals surface area contributed by atoms with Gasteiger partial charge in [0, 0.05) is 17.0 Å². The van der Waals surface area contributed by atoms with Crippen molar-refractivity contribution in [2.24, 2.45) is 0 Å². The summed E-state index contributed by atoms with van der Waals surface area (Å²) in [6.07, 6.45) is 3.14. The van der Waals surface area contributed by atoms with Crippen LogP contribution in [0, 0.1) is 0 Å². The van der Waals surface area contributed by atoms with Crippen LogP contribution in [0.1, 0.15) is 10.4 Å². The summed E-state index contributed by atoms with van der Waals surface area (Å²) < 4.78 is 0. The fourth-order valence-corrected chi connectivity index (χ4v) is 1.83. The zero-order valence-electron chi connectivity index (χ0n) is 8.14. The molecular formula is C11H7N3O2. The maximum absolute atomic E-state index is 11.1. The molecule has 16 heavy (non-hydrogen) atoms. The first-order valence-corrected chi connectivity index (χ1v) is 4.71. The Balaban J connectivity index is 2.59. The number of nitrogens with one attached hydrogen (secondary N) is 1. The van der Waals surface area contributed by atoms with E-state index in [1.807, 2.05) is 6.07 Å². The van der Waals surface area contributed by atoms with Gasteiger partial charge in [0.25, 0.3) is 0 Å². The number of aromatic amines is 1. The molecule has 0 amide bonds. The molecule has 78 valence electrons. The van der Waals surface area contributed by atoms with Gasteiger partial charge in [0.15, 0.2) is 5.65 Å². The molecule has 5 heteroatoms. The van der Waals surface area contributed by atoms with E-state index in [0.29, 0.717) is 16.6 Å². The highest BCUT2D eigenvalue weighted by atomic mass is 16.4. The SMILES string of the molecule is O=C(O)c1cccc2cnc3nc[nH]c3c12. The standard InChI is InChI=1S/C11H7N3O2/c15-11(16)7-3-1-2-6-4-12-10-9(8(6)7)13-5-14-10/h1-5H,(H,15,16)(H,12,13,14). The minimum absolute atomic E-state index is 0.258. The third-order valence-corrected chi connectivity index (χ3v) is 2.52. The van der Waals surface area contributed by atoms with E-state index in [1.54, 1.807) is 18.3 Å². The predicted molar refractivity (Wildman–Crippen MR) is 58.4 cm³/mol. The average molecular weight is 213 g/mol. The summed E-state index contributed by atoms with van der Waals surface area (Å²) in [5.74, 6) is -0.951. The molecule has 0 radical (unpaired) electrons. The van der Waals surface area contributed by atoms with E-state index < -0.39 is 5.97 Å². The Hall–Kier alpha value is -2.43.